The summed E-state index contributed by atoms with van der Waals surface area (Å²) in [4.78, 5) is 0. The van der Waals surface area contributed by atoms with Crippen LogP contribution in [0.15, 0.2) is 0 Å². The van der Waals surface area contributed by atoms with Crippen LogP contribution in [0.25, 0.3) is 0 Å². The number of nitrogens with zero attached hydrogens (tertiary/aromatic N) is 3. The molecule has 0 aromatic heterocycles. The quantitative estimate of drug-likeness (QED) is 0.0704. The smallest absolute Gasteiger partial charge is 0.126 e. The fourth-order valence-electron chi connectivity index (χ4n) is 5.90. The highest BCUT2D eigenvalue weighted by Crippen LogP contribution is 2.25. The van der Waals surface area contributed by atoms with Gasteiger partial charge in [0, 0.05) is 5.41 Å². The molecule has 0 saturated heterocycles. The molecule has 0 saturated carbocycles. The summed E-state index contributed by atoms with van der Waals surface area (Å²) in [7, 11) is 11.7. The third kappa shape index (κ3) is 20.5. The lowest BCUT2D eigenvalue weighted by Crippen LogP contribution is -2.50. The molecule has 0 amide bonds. The van der Waals surface area contributed by atoms with Crippen molar-refractivity contribution >= 4 is 0 Å². The van der Waals surface area contributed by atoms with E-state index >= 15 is 0 Å². The van der Waals surface area contributed by atoms with E-state index in [0.717, 1.165) is 0 Å². The van der Waals surface area contributed by atoms with E-state index < -0.39 is 42.0 Å². The van der Waals surface area contributed by atoms with Crippen LogP contribution in [0.1, 0.15) is 34.1 Å². The molecule has 254 valence electrons. The summed E-state index contributed by atoms with van der Waals surface area (Å²) in [6.45, 7) is 11.1. The third-order valence-electron chi connectivity index (χ3n) is 7.30. The third-order valence-corrected chi connectivity index (χ3v) is 7.30. The molecule has 12 nitrogen and oxygen atoms in total. The lowest BCUT2D eigenvalue weighted by atomic mass is 9.88. The SMILES string of the molecule is CCC(COCC(O)C[N+](C)(C)CC(C)O)(COCC(O)C[N+](C)(C)CC(C)O)COCC(O)C[N+](C)(C)CC(C)O. The molecule has 42 heavy (non-hydrogen) atoms. The minimum atomic E-state index is -0.721. The lowest BCUT2D eigenvalue weighted by molar-refractivity contribution is -0.896. The van der Waals surface area contributed by atoms with Gasteiger partial charge in [0.25, 0.3) is 0 Å². The Morgan fingerprint density at radius 2 is 0.714 bits per heavy atom. The Hall–Kier alpha value is -0.480. The molecule has 0 aliphatic carbocycles. The van der Waals surface area contributed by atoms with Gasteiger partial charge in [-0.15, -0.1) is 0 Å². The van der Waals surface area contributed by atoms with Crippen molar-refractivity contribution in [2.75, 3.05) is 121 Å². The van der Waals surface area contributed by atoms with E-state index in [9.17, 15) is 30.6 Å². The lowest BCUT2D eigenvalue weighted by Gasteiger charge is -2.36. The molecule has 0 radical (unpaired) electrons. The van der Waals surface area contributed by atoms with E-state index in [0.29, 0.717) is 59.1 Å². The van der Waals surface area contributed by atoms with Crippen molar-refractivity contribution in [1.82, 2.24) is 0 Å². The predicted octanol–water partition coefficient (Wildman–Crippen LogP) is -1.11. The van der Waals surface area contributed by atoms with Gasteiger partial charge in [0.2, 0.25) is 0 Å². The van der Waals surface area contributed by atoms with Gasteiger partial charge in [0.15, 0.2) is 0 Å². The first-order valence-electron chi connectivity index (χ1n) is 15.4. The highest BCUT2D eigenvalue weighted by Gasteiger charge is 2.33. The van der Waals surface area contributed by atoms with Gasteiger partial charge < -0.3 is 58.3 Å². The minimum absolute atomic E-state index is 0.116. The fourth-order valence-corrected chi connectivity index (χ4v) is 5.90. The Bertz CT molecular complexity index is 617. The van der Waals surface area contributed by atoms with Crippen LogP contribution in [-0.4, -0.2) is 202 Å². The summed E-state index contributed by atoms with van der Waals surface area (Å²) in [5.74, 6) is 0. The Balaban J connectivity index is 5.25. The highest BCUT2D eigenvalue weighted by atomic mass is 16.5. The number of hydrogen-bond donors (Lipinski definition) is 6. The van der Waals surface area contributed by atoms with Crippen LogP contribution in [0.5, 0.6) is 0 Å². The van der Waals surface area contributed by atoms with Crippen LogP contribution in [0, 0.1) is 5.41 Å². The monoisotopic (exact) mass is 614 g/mol. The maximum Gasteiger partial charge on any atom is 0.126 e. The van der Waals surface area contributed by atoms with Gasteiger partial charge in [-0.25, -0.2) is 0 Å². The van der Waals surface area contributed by atoms with Crippen molar-refractivity contribution in [3.05, 3.63) is 0 Å². The first kappa shape index (κ1) is 41.5. The summed E-state index contributed by atoms with van der Waals surface area (Å²) < 4.78 is 19.4. The van der Waals surface area contributed by atoms with E-state index in [2.05, 4.69) is 0 Å². The van der Waals surface area contributed by atoms with Gasteiger partial charge in [0.05, 0.1) is 81.9 Å². The average molecular weight is 615 g/mol. The van der Waals surface area contributed by atoms with Crippen LogP contribution in [-0.2, 0) is 14.2 Å². The molecule has 0 rings (SSSR count). The number of hydrogen-bond acceptors (Lipinski definition) is 9. The molecule has 12 heteroatoms. The minimum Gasteiger partial charge on any atom is -0.388 e. The average Bonchev–Trinajstić information content (AvgIpc) is 2.74. The van der Waals surface area contributed by atoms with Gasteiger partial charge in [0.1, 0.15) is 75.9 Å². The summed E-state index contributed by atoms with van der Waals surface area (Å²) >= 11 is 0. The largest absolute Gasteiger partial charge is 0.388 e. The van der Waals surface area contributed by atoms with Crippen LogP contribution in [0.4, 0.5) is 0 Å². The zero-order valence-corrected chi connectivity index (χ0v) is 28.4. The Kier molecular flexibility index (Phi) is 18.9. The molecule has 0 aromatic rings. The number of quaternary nitrogens is 3. The second-order valence-corrected chi connectivity index (χ2v) is 14.8. The summed E-state index contributed by atoms with van der Waals surface area (Å²) in [5.41, 5.74) is -0.572. The van der Waals surface area contributed by atoms with Crippen molar-refractivity contribution in [3.63, 3.8) is 0 Å². The van der Waals surface area contributed by atoms with E-state index in [4.69, 9.17) is 14.2 Å². The number of aliphatic hydroxyl groups is 6. The molecule has 0 spiro atoms. The van der Waals surface area contributed by atoms with E-state index in [1.807, 2.05) is 49.2 Å². The fraction of sp³-hybridized carbons (Fsp3) is 1.00. The highest BCUT2D eigenvalue weighted by molar-refractivity contribution is 4.79. The summed E-state index contributed by atoms with van der Waals surface area (Å²) in [5, 5.41) is 61.1. The van der Waals surface area contributed by atoms with Crippen molar-refractivity contribution < 1.29 is 58.3 Å². The Labute approximate surface area is 255 Å². The molecule has 0 heterocycles. The first-order chi connectivity index (χ1) is 19.1. The second kappa shape index (κ2) is 19.1. The molecule has 6 atom stereocenters. The van der Waals surface area contributed by atoms with Crippen LogP contribution in [0.3, 0.4) is 0 Å². The number of rotatable bonds is 25. The maximum atomic E-state index is 10.6. The van der Waals surface area contributed by atoms with E-state index in [-0.39, 0.29) is 39.6 Å². The van der Waals surface area contributed by atoms with Gasteiger partial charge in [-0.1, -0.05) is 6.92 Å². The Morgan fingerprint density at radius 3 is 0.905 bits per heavy atom. The van der Waals surface area contributed by atoms with Crippen molar-refractivity contribution in [2.45, 2.75) is 70.7 Å². The van der Waals surface area contributed by atoms with Crippen LogP contribution in [0.2, 0.25) is 0 Å². The van der Waals surface area contributed by atoms with E-state index in [1.165, 1.54) is 0 Å². The van der Waals surface area contributed by atoms with E-state index in [1.54, 1.807) is 20.8 Å². The van der Waals surface area contributed by atoms with Crippen molar-refractivity contribution in [2.24, 2.45) is 5.41 Å². The van der Waals surface area contributed by atoms with Crippen molar-refractivity contribution in [1.29, 1.82) is 0 Å². The van der Waals surface area contributed by atoms with Gasteiger partial charge in [-0.2, -0.15) is 0 Å². The molecule has 0 aromatic carbocycles. The standard InChI is InChI=1S/C30H68N3O9/c1-11-30(21-40-18-27(37)15-31(5,6)12-24(2)34,22-41-19-28(38)16-32(7,8)13-25(3)35)23-42-20-29(39)17-33(9,10)14-26(4)36/h24-29,34-39H,11-23H2,1-10H3/q+3. The van der Waals surface area contributed by atoms with Gasteiger partial charge in [-0.3, -0.25) is 0 Å². The Morgan fingerprint density at radius 1 is 0.476 bits per heavy atom. The van der Waals surface area contributed by atoms with Gasteiger partial charge >= 0.3 is 0 Å². The normalized spacial score (nSPS) is 19.1. The predicted molar refractivity (Wildman–Crippen MR) is 164 cm³/mol. The number of aliphatic hydroxyl groups excluding tert-OH is 6. The summed E-state index contributed by atoms with van der Waals surface area (Å²) in [6, 6.07) is 0. The summed E-state index contributed by atoms with van der Waals surface area (Å²) in [6.07, 6.45) is -2.95. The van der Waals surface area contributed by atoms with Crippen LogP contribution < -0.4 is 0 Å². The molecule has 0 bridgehead atoms. The van der Waals surface area contributed by atoms with Gasteiger partial charge in [-0.05, 0) is 27.2 Å². The first-order valence-corrected chi connectivity index (χ1v) is 15.4. The molecule has 0 aliphatic rings. The topological polar surface area (TPSA) is 149 Å². The molecule has 0 aliphatic heterocycles. The molecule has 6 N–H and O–H groups in total. The zero-order valence-electron chi connectivity index (χ0n) is 28.4. The number of ether oxygens (including phenoxy) is 3. The molecule has 0 fully saturated rings. The number of likely N-dealkylation sites (N-methyl/N-ethyl adjacent to an activating group) is 3. The molecule has 6 unspecified atom stereocenters. The molecular weight excluding hydrogens is 546 g/mol. The zero-order chi connectivity index (χ0) is 32.8. The second-order valence-electron chi connectivity index (χ2n) is 14.8. The van der Waals surface area contributed by atoms with Crippen molar-refractivity contribution in [3.8, 4) is 0 Å². The van der Waals surface area contributed by atoms with Crippen LogP contribution >= 0.6 is 0 Å². The maximum absolute atomic E-state index is 10.6. The molecular formula is C30H68N3O9+3.